The van der Waals surface area contributed by atoms with Crippen molar-refractivity contribution in [2.75, 3.05) is 0 Å². The first-order valence-electron chi connectivity index (χ1n) is 25.7. The van der Waals surface area contributed by atoms with E-state index >= 15 is 0 Å². The zero-order chi connectivity index (χ0) is 53.0. The number of carbonyl (C=O) groups is 1. The van der Waals surface area contributed by atoms with Crippen LogP contribution in [0.3, 0.4) is 0 Å². The van der Waals surface area contributed by atoms with Gasteiger partial charge in [0.1, 0.15) is 0 Å². The third kappa shape index (κ3) is 11.1. The van der Waals surface area contributed by atoms with Crippen LogP contribution in [0.5, 0.6) is 0 Å². The van der Waals surface area contributed by atoms with Crippen molar-refractivity contribution in [1.82, 2.24) is 4.98 Å². The molecule has 0 saturated carbocycles. The molecule has 1 aromatic heterocycles. The van der Waals surface area contributed by atoms with Gasteiger partial charge in [-0.2, -0.15) is 0 Å². The van der Waals surface area contributed by atoms with E-state index in [0.29, 0.717) is 34.0 Å². The van der Waals surface area contributed by atoms with Crippen molar-refractivity contribution in [1.29, 1.82) is 0 Å². The first kappa shape index (κ1) is 54.9. The minimum atomic E-state index is -0.171. The van der Waals surface area contributed by atoms with E-state index in [2.05, 4.69) is 204 Å². The molecule has 8 bridgehead atoms. The molecule has 4 aliphatic heterocycles. The van der Waals surface area contributed by atoms with Gasteiger partial charge < -0.3 is 10.1 Å². The number of aliphatic imine (C=N–C) groups is 3. The summed E-state index contributed by atoms with van der Waals surface area (Å²) >= 11 is 0. The van der Waals surface area contributed by atoms with Gasteiger partial charge in [-0.25, -0.2) is 15.0 Å². The molecule has 73 heavy (non-hydrogen) atoms. The first-order valence-corrected chi connectivity index (χ1v) is 25.7. The summed E-state index contributed by atoms with van der Waals surface area (Å²) in [6, 6.07) is 24.9. The number of fused-ring (bicyclic) bond motifs is 5. The minimum Gasteiger partial charge on any atom is -0.875 e. The molecule has 0 radical (unpaired) electrons. The molecule has 5 heterocycles. The molecule has 4 aliphatic rings. The van der Waals surface area contributed by atoms with Gasteiger partial charge >= 0.3 is 16.5 Å². The van der Waals surface area contributed by atoms with Crippen LogP contribution in [0.4, 0.5) is 0 Å². The van der Waals surface area contributed by atoms with Gasteiger partial charge in [0.05, 0.1) is 34.2 Å². The Morgan fingerprint density at radius 2 is 0.808 bits per heavy atom. The predicted octanol–water partition coefficient (Wildman–Crippen LogP) is 13.1. The Morgan fingerprint density at radius 3 is 1.18 bits per heavy atom. The van der Waals surface area contributed by atoms with E-state index in [9.17, 15) is 9.90 Å². The maximum Gasteiger partial charge on any atom is 2.00 e. The number of Topliss-reactive ketones (excluding diaryl/α,β-unsaturated/α-hetero) is 1. The van der Waals surface area contributed by atoms with Crippen LogP contribution in [0.15, 0.2) is 146 Å². The van der Waals surface area contributed by atoms with Crippen molar-refractivity contribution >= 4 is 39.6 Å². The number of hydrogen-bond donors (Lipinski definition) is 0. The zero-order valence-electron chi connectivity index (χ0n) is 47.2. The Balaban J connectivity index is 0.00000780. The molecule has 382 valence electrons. The van der Waals surface area contributed by atoms with Crippen LogP contribution >= 0.6 is 0 Å². The maximum absolute atomic E-state index is 13.9. The molecular weight excluding hydrogens is 939 g/mol. The first-order chi connectivity index (χ1) is 33.1. The molecule has 8 rings (SSSR count). The van der Waals surface area contributed by atoms with E-state index in [-0.39, 0.29) is 60.5 Å². The van der Waals surface area contributed by atoms with E-state index in [4.69, 9.17) is 20.0 Å². The maximum atomic E-state index is 13.9. The van der Waals surface area contributed by atoms with Gasteiger partial charge in [0.25, 0.3) is 0 Å². The fourth-order valence-electron chi connectivity index (χ4n) is 9.51. The van der Waals surface area contributed by atoms with Gasteiger partial charge in [-0.15, -0.1) is 16.5 Å². The van der Waals surface area contributed by atoms with Gasteiger partial charge in [-0.05, 0) is 137 Å². The summed E-state index contributed by atoms with van der Waals surface area (Å²) in [5.41, 5.74) is 16.2. The second-order valence-corrected chi connectivity index (χ2v) is 26.6. The molecule has 6 nitrogen and oxygen atoms in total. The molecule has 7 heteroatoms. The number of benzene rings is 3. The van der Waals surface area contributed by atoms with Crippen LogP contribution in [-0.2, 0) is 53.8 Å². The topological polar surface area (TPSA) is 91.3 Å². The van der Waals surface area contributed by atoms with Crippen LogP contribution in [0, 0.1) is 0 Å². The van der Waals surface area contributed by atoms with Gasteiger partial charge in [0, 0.05) is 11.1 Å². The number of rotatable bonds is 4. The van der Waals surface area contributed by atoms with Crippen LogP contribution < -0.4 is 20.8 Å². The molecule has 0 amide bonds. The van der Waals surface area contributed by atoms with E-state index in [0.717, 1.165) is 55.5 Å². The monoisotopic (exact) mass is 1010 g/mol. The quantitative estimate of drug-likeness (QED) is 0.151. The Labute approximate surface area is 446 Å². The number of nitrogens with zero attached hydrogens (tertiary/aromatic N) is 4. The van der Waals surface area contributed by atoms with E-state index in [1.165, 1.54) is 33.4 Å². The third-order valence-electron chi connectivity index (χ3n) is 14.3. The zero-order valence-corrected chi connectivity index (χ0v) is 48.1. The SMILES string of the molecule is CC(=O)C1=CC2=NC1=CC1=NC(=CC1=C(C)[O-])C(c1cc(C(C)(C)C)cc(C(C)(C)C)c1)=C1C=CC(=N1)C(c1cc(C(C)(C)C)cc(C(C)(C)C)c1)=c1ccc([n-]1)=C2c1cc(C(C)(C)C)cc(C(C)(C)C)c1.[Ni+2]. The summed E-state index contributed by atoms with van der Waals surface area (Å²) in [4.78, 5) is 35.9. The molecule has 0 unspecified atom stereocenters. The number of aromatic nitrogens is 1. The number of carbonyl (C=O) groups excluding carboxylic acids is 1. The van der Waals surface area contributed by atoms with Crippen molar-refractivity contribution in [2.45, 2.75) is 171 Å². The van der Waals surface area contributed by atoms with Crippen molar-refractivity contribution in [3.63, 3.8) is 0 Å². The number of allylic oxidation sites excluding steroid dienone is 9. The summed E-state index contributed by atoms with van der Waals surface area (Å²) in [5, 5.41) is 15.4. The smallest absolute Gasteiger partial charge is 0.875 e. The van der Waals surface area contributed by atoms with Gasteiger partial charge in [0.2, 0.25) is 0 Å². The molecule has 0 saturated heterocycles. The fourth-order valence-corrected chi connectivity index (χ4v) is 9.51. The van der Waals surface area contributed by atoms with E-state index in [1.807, 2.05) is 18.2 Å². The molecule has 0 aliphatic carbocycles. The summed E-state index contributed by atoms with van der Waals surface area (Å²) in [5.74, 6) is -0.275. The second kappa shape index (κ2) is 18.8. The largest absolute Gasteiger partial charge is 2.00 e. The average Bonchev–Trinajstić information content (AvgIpc) is 4.08. The van der Waals surface area contributed by atoms with Crippen molar-refractivity contribution in [3.8, 4) is 0 Å². The van der Waals surface area contributed by atoms with Crippen LogP contribution in [0.2, 0.25) is 0 Å². The molecule has 3 aromatic carbocycles. The molecular formula is C66H76N4NiO2. The van der Waals surface area contributed by atoms with Crippen molar-refractivity contribution in [3.05, 3.63) is 192 Å². The van der Waals surface area contributed by atoms with Crippen LogP contribution in [0.1, 0.15) is 189 Å². The Kier molecular flexibility index (Phi) is 14.1. The molecule has 0 N–H and O–H groups in total. The van der Waals surface area contributed by atoms with Crippen LogP contribution in [0.25, 0.3) is 16.7 Å². The van der Waals surface area contributed by atoms with Crippen molar-refractivity contribution in [2.24, 2.45) is 15.0 Å². The summed E-state index contributed by atoms with van der Waals surface area (Å²) in [6.45, 7) is 43.6. The number of hydrogen-bond acceptors (Lipinski definition) is 5. The minimum absolute atomic E-state index is 0. The Bertz CT molecular complexity index is 3310. The second-order valence-electron chi connectivity index (χ2n) is 26.6. The standard InChI is InChI=1S/C66H78N4O2.Ni/c1-37(71)48-34-56-59(40-27-44(63(9,10)11)32-45(28-40)64(12,13)14)52-23-21-50(67-52)58(39-25-42(61(3,4)5)31-43(26-39)62(6,7)8)51-22-24-53(68-51)60(57-35-49(38(2)72)55(70-57)36-54(48)69-56)41-29-46(65(15,16)17)33-47(30-41)66(18,19)20;/h21-36H,1-20H3,(H2,67,68,69,70,71,72);/q;+2/p-2. The van der Waals surface area contributed by atoms with Gasteiger partial charge in [-0.3, -0.25) is 4.79 Å². The van der Waals surface area contributed by atoms with E-state index < -0.39 is 0 Å². The van der Waals surface area contributed by atoms with Gasteiger partial charge in [0.15, 0.2) is 5.78 Å². The molecule has 0 fully saturated rings. The van der Waals surface area contributed by atoms with E-state index in [1.54, 1.807) is 13.8 Å². The Morgan fingerprint density at radius 1 is 0.438 bits per heavy atom. The molecule has 0 spiro atoms. The average molecular weight is 1020 g/mol. The number of ketones is 1. The summed E-state index contributed by atoms with van der Waals surface area (Å²) in [7, 11) is 0. The summed E-state index contributed by atoms with van der Waals surface area (Å²) in [6.07, 6.45) is 9.83. The fraction of sp³-hybridized carbons (Fsp3) is 0.394. The molecule has 0 atom stereocenters. The normalized spacial score (nSPS) is 17.3. The summed E-state index contributed by atoms with van der Waals surface area (Å²) < 4.78 is 0. The third-order valence-corrected chi connectivity index (χ3v) is 14.3. The molecule has 4 aromatic rings. The van der Waals surface area contributed by atoms with Crippen molar-refractivity contribution < 1.29 is 26.4 Å². The Hall–Kier alpha value is -5.91. The van der Waals surface area contributed by atoms with Crippen LogP contribution in [-0.4, -0.2) is 22.9 Å². The van der Waals surface area contributed by atoms with Gasteiger partial charge in [-0.1, -0.05) is 198 Å². The predicted molar refractivity (Wildman–Crippen MR) is 302 cm³/mol.